The number of rotatable bonds is 3. The number of carbonyl (C=O) groups excluding carboxylic acids is 1. The van der Waals surface area contributed by atoms with E-state index in [0.29, 0.717) is 11.3 Å². The Balaban J connectivity index is 1.64. The van der Waals surface area contributed by atoms with E-state index in [1.165, 1.54) is 17.6 Å². The van der Waals surface area contributed by atoms with Crippen LogP contribution in [-0.2, 0) is 6.42 Å². The number of hydrogen-bond donors (Lipinski definition) is 1. The summed E-state index contributed by atoms with van der Waals surface area (Å²) in [5, 5.41) is 15.3. The summed E-state index contributed by atoms with van der Waals surface area (Å²) in [5.41, 5.74) is 5.27. The maximum atomic E-state index is 12.8. The first-order valence-corrected chi connectivity index (χ1v) is 8.89. The van der Waals surface area contributed by atoms with Crippen molar-refractivity contribution in [2.24, 2.45) is 0 Å². The largest absolute Gasteiger partial charge is 0.374 e. The van der Waals surface area contributed by atoms with Crippen molar-refractivity contribution >= 4 is 22.9 Å². The SMILES string of the molecule is CC(C)c1cc(C(=O)Nc2ccc3c(c2)N(C)CCC3)nn2cnnc12. The Labute approximate surface area is 152 Å². The molecule has 4 rings (SSSR count). The van der Waals surface area contributed by atoms with Gasteiger partial charge in [0.1, 0.15) is 12.0 Å². The second-order valence-corrected chi connectivity index (χ2v) is 7.06. The van der Waals surface area contributed by atoms with Gasteiger partial charge in [-0.05, 0) is 42.5 Å². The lowest BCUT2D eigenvalue weighted by Gasteiger charge is -2.28. The van der Waals surface area contributed by atoms with Crippen molar-refractivity contribution in [3.05, 3.63) is 47.4 Å². The van der Waals surface area contributed by atoms with Crippen LogP contribution >= 0.6 is 0 Å². The normalized spacial score (nSPS) is 13.9. The highest BCUT2D eigenvalue weighted by molar-refractivity contribution is 6.03. The molecule has 0 atom stereocenters. The van der Waals surface area contributed by atoms with Gasteiger partial charge in [-0.15, -0.1) is 10.2 Å². The molecule has 3 aromatic rings. The molecule has 1 aliphatic heterocycles. The molecule has 1 N–H and O–H groups in total. The Morgan fingerprint density at radius 2 is 2.12 bits per heavy atom. The molecule has 0 unspecified atom stereocenters. The monoisotopic (exact) mass is 350 g/mol. The number of benzene rings is 1. The van der Waals surface area contributed by atoms with Crippen LogP contribution in [0.5, 0.6) is 0 Å². The standard InChI is InChI=1S/C19H22N6O/c1-12(2)15-10-16(23-25-11-20-22-18(15)25)19(26)21-14-7-6-13-5-4-8-24(3)17(13)9-14/h6-7,9-12H,4-5,8H2,1-3H3,(H,21,26). The lowest BCUT2D eigenvalue weighted by atomic mass is 10.0. The van der Waals surface area contributed by atoms with Crippen LogP contribution in [0.4, 0.5) is 11.4 Å². The molecule has 0 fully saturated rings. The van der Waals surface area contributed by atoms with Crippen molar-refractivity contribution in [3.8, 4) is 0 Å². The van der Waals surface area contributed by atoms with Gasteiger partial charge in [0.2, 0.25) is 0 Å². The van der Waals surface area contributed by atoms with Crippen LogP contribution in [-0.4, -0.2) is 39.3 Å². The highest BCUT2D eigenvalue weighted by atomic mass is 16.1. The van der Waals surface area contributed by atoms with Crippen LogP contribution in [0.25, 0.3) is 5.65 Å². The van der Waals surface area contributed by atoms with Crippen LogP contribution in [0.3, 0.4) is 0 Å². The number of hydrogen-bond acceptors (Lipinski definition) is 5. The van der Waals surface area contributed by atoms with E-state index in [1.54, 1.807) is 10.6 Å². The maximum Gasteiger partial charge on any atom is 0.276 e. The summed E-state index contributed by atoms with van der Waals surface area (Å²) in [4.78, 5) is 15.0. The third-order valence-corrected chi connectivity index (χ3v) is 4.85. The van der Waals surface area contributed by atoms with Gasteiger partial charge in [-0.25, -0.2) is 0 Å². The van der Waals surface area contributed by atoms with Crippen LogP contribution in [0.15, 0.2) is 30.6 Å². The molecule has 134 valence electrons. The lowest BCUT2D eigenvalue weighted by molar-refractivity contribution is 0.102. The minimum absolute atomic E-state index is 0.216. The zero-order chi connectivity index (χ0) is 18.3. The first-order chi connectivity index (χ1) is 12.5. The minimum atomic E-state index is -0.235. The number of carbonyl (C=O) groups is 1. The van der Waals surface area contributed by atoms with Crippen molar-refractivity contribution < 1.29 is 4.79 Å². The van der Waals surface area contributed by atoms with Crippen molar-refractivity contribution in [2.45, 2.75) is 32.6 Å². The van der Waals surface area contributed by atoms with Crippen molar-refractivity contribution in [1.29, 1.82) is 0 Å². The van der Waals surface area contributed by atoms with E-state index in [9.17, 15) is 4.79 Å². The molecule has 7 heteroatoms. The topological polar surface area (TPSA) is 75.4 Å². The highest BCUT2D eigenvalue weighted by Crippen LogP contribution is 2.29. The zero-order valence-corrected chi connectivity index (χ0v) is 15.2. The number of amides is 1. The number of fused-ring (bicyclic) bond motifs is 2. The van der Waals surface area contributed by atoms with E-state index in [1.807, 2.05) is 12.1 Å². The molecule has 7 nitrogen and oxygen atoms in total. The summed E-state index contributed by atoms with van der Waals surface area (Å²) in [5.74, 6) is -0.0189. The van der Waals surface area contributed by atoms with Crippen LogP contribution in [0, 0.1) is 0 Å². The smallest absolute Gasteiger partial charge is 0.276 e. The average Bonchev–Trinajstić information content (AvgIpc) is 3.10. The summed E-state index contributed by atoms with van der Waals surface area (Å²) in [6, 6.07) is 7.88. The number of anilines is 2. The molecule has 0 spiro atoms. The molecular weight excluding hydrogens is 328 g/mol. The number of aryl methyl sites for hydroxylation is 1. The van der Waals surface area contributed by atoms with Crippen molar-refractivity contribution in [3.63, 3.8) is 0 Å². The lowest BCUT2D eigenvalue weighted by Crippen LogP contribution is -2.25. The average molecular weight is 350 g/mol. The Morgan fingerprint density at radius 1 is 1.27 bits per heavy atom. The molecule has 1 amide bonds. The second kappa shape index (κ2) is 6.40. The van der Waals surface area contributed by atoms with Gasteiger partial charge < -0.3 is 10.2 Å². The van der Waals surface area contributed by atoms with E-state index in [-0.39, 0.29) is 11.8 Å². The first-order valence-electron chi connectivity index (χ1n) is 8.89. The molecular formula is C19H22N6O. The van der Waals surface area contributed by atoms with Gasteiger partial charge in [-0.1, -0.05) is 19.9 Å². The highest BCUT2D eigenvalue weighted by Gasteiger charge is 2.18. The third-order valence-electron chi connectivity index (χ3n) is 4.85. The Bertz CT molecular complexity index is 977. The predicted molar refractivity (Wildman–Crippen MR) is 101 cm³/mol. The molecule has 2 aromatic heterocycles. The Morgan fingerprint density at radius 3 is 2.92 bits per heavy atom. The fourth-order valence-corrected chi connectivity index (χ4v) is 3.42. The minimum Gasteiger partial charge on any atom is -0.374 e. The molecule has 1 aromatic carbocycles. The van der Waals surface area contributed by atoms with Gasteiger partial charge in [0.05, 0.1) is 0 Å². The van der Waals surface area contributed by atoms with Crippen LogP contribution in [0.2, 0.25) is 0 Å². The predicted octanol–water partition coefficient (Wildman–Crippen LogP) is 2.88. The number of nitrogens with zero attached hydrogens (tertiary/aromatic N) is 5. The molecule has 3 heterocycles. The van der Waals surface area contributed by atoms with Crippen LogP contribution < -0.4 is 10.2 Å². The van der Waals surface area contributed by atoms with Gasteiger partial charge in [0.25, 0.3) is 5.91 Å². The van der Waals surface area contributed by atoms with Crippen molar-refractivity contribution in [1.82, 2.24) is 19.8 Å². The van der Waals surface area contributed by atoms with Gasteiger partial charge in [0.15, 0.2) is 5.65 Å². The zero-order valence-electron chi connectivity index (χ0n) is 15.2. The molecule has 1 aliphatic rings. The summed E-state index contributed by atoms with van der Waals surface area (Å²) in [6.45, 7) is 5.16. The Kier molecular flexibility index (Phi) is 4.06. The Hall–Kier alpha value is -2.96. The van der Waals surface area contributed by atoms with Gasteiger partial charge in [0, 0.05) is 30.5 Å². The first kappa shape index (κ1) is 16.5. The summed E-state index contributed by atoms with van der Waals surface area (Å²) in [6.07, 6.45) is 3.76. The summed E-state index contributed by atoms with van der Waals surface area (Å²) >= 11 is 0. The molecule has 26 heavy (non-hydrogen) atoms. The van der Waals surface area contributed by atoms with Gasteiger partial charge in [-0.2, -0.15) is 9.61 Å². The van der Waals surface area contributed by atoms with E-state index in [4.69, 9.17) is 0 Å². The quantitative estimate of drug-likeness (QED) is 0.786. The molecule has 0 saturated carbocycles. The molecule has 0 saturated heterocycles. The fraction of sp³-hybridized carbons (Fsp3) is 0.368. The van der Waals surface area contributed by atoms with E-state index in [0.717, 1.165) is 30.6 Å². The van der Waals surface area contributed by atoms with Gasteiger partial charge >= 0.3 is 0 Å². The fourth-order valence-electron chi connectivity index (χ4n) is 3.42. The molecule has 0 aliphatic carbocycles. The number of nitrogens with one attached hydrogen (secondary N) is 1. The van der Waals surface area contributed by atoms with Crippen LogP contribution in [0.1, 0.15) is 47.8 Å². The maximum absolute atomic E-state index is 12.8. The third kappa shape index (κ3) is 2.89. The van der Waals surface area contributed by atoms with E-state index < -0.39 is 0 Å². The van der Waals surface area contributed by atoms with Gasteiger partial charge in [-0.3, -0.25) is 4.79 Å². The molecule has 0 radical (unpaired) electrons. The second-order valence-electron chi connectivity index (χ2n) is 7.06. The van der Waals surface area contributed by atoms with E-state index >= 15 is 0 Å². The molecule has 0 bridgehead atoms. The van der Waals surface area contributed by atoms with E-state index in [2.05, 4.69) is 52.5 Å². The number of aromatic nitrogens is 4. The van der Waals surface area contributed by atoms with Crippen molar-refractivity contribution in [2.75, 3.05) is 23.8 Å². The summed E-state index contributed by atoms with van der Waals surface area (Å²) < 4.78 is 1.56. The summed E-state index contributed by atoms with van der Waals surface area (Å²) in [7, 11) is 2.08.